The van der Waals surface area contributed by atoms with Crippen molar-refractivity contribution in [2.75, 3.05) is 5.32 Å². The van der Waals surface area contributed by atoms with Gasteiger partial charge in [-0.15, -0.1) is 10.2 Å². The fourth-order valence-corrected chi connectivity index (χ4v) is 3.03. The molecule has 0 aliphatic rings. The molecule has 1 N–H and O–H groups in total. The quantitative estimate of drug-likeness (QED) is 0.548. The van der Waals surface area contributed by atoms with Crippen molar-refractivity contribution in [3.8, 4) is 11.4 Å². The van der Waals surface area contributed by atoms with Crippen LogP contribution in [-0.2, 0) is 11.2 Å². The molecule has 0 spiro atoms. The van der Waals surface area contributed by atoms with Gasteiger partial charge >= 0.3 is 0 Å². The molecule has 26 heavy (non-hydrogen) atoms. The Labute approximate surface area is 158 Å². The number of hydrogen-bond acceptors (Lipinski definition) is 3. The second-order valence-corrected chi connectivity index (χ2v) is 6.80. The number of nitrogens with one attached hydrogen (secondary N) is 1. The summed E-state index contributed by atoms with van der Waals surface area (Å²) in [5.41, 5.74) is 3.37. The molecule has 2 aromatic heterocycles. The van der Waals surface area contributed by atoms with Crippen LogP contribution in [0, 0.1) is 0 Å². The van der Waals surface area contributed by atoms with Gasteiger partial charge in [0.1, 0.15) is 0 Å². The number of pyridine rings is 1. The Kier molecular flexibility index (Phi) is 4.50. The molecule has 4 aromatic rings. The Hall–Kier alpha value is -2.99. The summed E-state index contributed by atoms with van der Waals surface area (Å²) in [6.07, 6.45) is 2.24. The molecule has 5 nitrogen and oxygen atoms in total. The topological polar surface area (TPSA) is 59.3 Å². The maximum Gasteiger partial charge on any atom is 0.228 e. The summed E-state index contributed by atoms with van der Waals surface area (Å²) >= 11 is 3.40. The highest BCUT2D eigenvalue weighted by Gasteiger charge is 2.09. The van der Waals surface area contributed by atoms with E-state index in [-0.39, 0.29) is 5.91 Å². The third-order valence-electron chi connectivity index (χ3n) is 4.00. The Morgan fingerprint density at radius 3 is 2.69 bits per heavy atom. The SMILES string of the molecule is O=C(Cc1ccc(Br)cc1)Nc1cccc(-c2nnc3ccccn23)c1. The highest BCUT2D eigenvalue weighted by Crippen LogP contribution is 2.22. The van der Waals surface area contributed by atoms with Gasteiger partial charge in [-0.1, -0.05) is 46.3 Å². The van der Waals surface area contributed by atoms with Gasteiger partial charge in [0, 0.05) is 21.9 Å². The molecule has 4 rings (SSSR count). The van der Waals surface area contributed by atoms with Crippen LogP contribution in [0.2, 0.25) is 0 Å². The summed E-state index contributed by atoms with van der Waals surface area (Å²) in [6, 6.07) is 21.1. The van der Waals surface area contributed by atoms with Gasteiger partial charge in [-0.2, -0.15) is 0 Å². The van der Waals surface area contributed by atoms with Crippen LogP contribution in [-0.4, -0.2) is 20.5 Å². The summed E-state index contributed by atoms with van der Waals surface area (Å²) in [6.45, 7) is 0. The third-order valence-corrected chi connectivity index (χ3v) is 4.52. The van der Waals surface area contributed by atoms with Crippen LogP contribution in [0.1, 0.15) is 5.56 Å². The fraction of sp³-hybridized carbons (Fsp3) is 0.0500. The Morgan fingerprint density at radius 2 is 1.85 bits per heavy atom. The number of halogens is 1. The summed E-state index contributed by atoms with van der Waals surface area (Å²) < 4.78 is 2.91. The number of aromatic nitrogens is 3. The van der Waals surface area contributed by atoms with Crippen LogP contribution < -0.4 is 5.32 Å². The molecule has 0 saturated heterocycles. The van der Waals surface area contributed by atoms with E-state index in [1.54, 1.807) is 0 Å². The highest BCUT2D eigenvalue weighted by atomic mass is 79.9. The standard InChI is InChI=1S/C20H15BrN4O/c21-16-9-7-14(8-10-16)12-19(26)22-17-5-3-4-15(13-17)20-24-23-18-6-1-2-11-25(18)20/h1-11,13H,12H2,(H,22,26). The van der Waals surface area contributed by atoms with E-state index in [9.17, 15) is 4.79 Å². The molecule has 0 fully saturated rings. The average molecular weight is 407 g/mol. The van der Waals surface area contributed by atoms with E-state index in [4.69, 9.17) is 0 Å². The Bertz CT molecular complexity index is 1070. The van der Waals surface area contributed by atoms with E-state index in [0.717, 1.165) is 32.8 Å². The predicted octanol–water partition coefficient (Wildman–Crippen LogP) is 4.34. The lowest BCUT2D eigenvalue weighted by Gasteiger charge is -2.07. The van der Waals surface area contributed by atoms with E-state index >= 15 is 0 Å². The fourth-order valence-electron chi connectivity index (χ4n) is 2.77. The van der Waals surface area contributed by atoms with E-state index in [1.165, 1.54) is 0 Å². The number of anilines is 1. The lowest BCUT2D eigenvalue weighted by Crippen LogP contribution is -2.14. The van der Waals surface area contributed by atoms with Crippen LogP contribution in [0.3, 0.4) is 0 Å². The molecule has 0 unspecified atom stereocenters. The summed E-state index contributed by atoms with van der Waals surface area (Å²) in [7, 11) is 0. The van der Waals surface area contributed by atoms with E-state index in [2.05, 4.69) is 31.4 Å². The summed E-state index contributed by atoms with van der Waals surface area (Å²) in [5.74, 6) is 0.681. The van der Waals surface area contributed by atoms with E-state index in [0.29, 0.717) is 6.42 Å². The van der Waals surface area contributed by atoms with Crippen molar-refractivity contribution in [1.29, 1.82) is 0 Å². The smallest absolute Gasteiger partial charge is 0.228 e. The van der Waals surface area contributed by atoms with Gasteiger partial charge in [0.25, 0.3) is 0 Å². The van der Waals surface area contributed by atoms with Gasteiger partial charge in [-0.3, -0.25) is 9.20 Å². The first-order valence-electron chi connectivity index (χ1n) is 8.13. The zero-order valence-electron chi connectivity index (χ0n) is 13.8. The van der Waals surface area contributed by atoms with E-state index in [1.807, 2.05) is 77.3 Å². The van der Waals surface area contributed by atoms with Crippen molar-refractivity contribution in [2.24, 2.45) is 0 Å². The van der Waals surface area contributed by atoms with Crippen molar-refractivity contribution < 1.29 is 4.79 Å². The molecular formula is C20H15BrN4O. The number of amides is 1. The lowest BCUT2D eigenvalue weighted by molar-refractivity contribution is -0.115. The molecule has 2 heterocycles. The third kappa shape index (κ3) is 3.50. The summed E-state index contributed by atoms with van der Waals surface area (Å²) in [5, 5.41) is 11.4. The largest absolute Gasteiger partial charge is 0.326 e. The van der Waals surface area contributed by atoms with Crippen molar-refractivity contribution in [3.63, 3.8) is 0 Å². The molecule has 2 aromatic carbocycles. The number of benzene rings is 2. The van der Waals surface area contributed by atoms with Crippen molar-refractivity contribution >= 4 is 33.2 Å². The molecule has 6 heteroatoms. The predicted molar refractivity (Wildman–Crippen MR) is 105 cm³/mol. The van der Waals surface area contributed by atoms with Gasteiger partial charge in [0.15, 0.2) is 11.5 Å². The monoisotopic (exact) mass is 406 g/mol. The van der Waals surface area contributed by atoms with Crippen molar-refractivity contribution in [3.05, 3.63) is 83.0 Å². The summed E-state index contributed by atoms with van der Waals surface area (Å²) in [4.78, 5) is 12.3. The van der Waals surface area contributed by atoms with Crippen LogP contribution in [0.25, 0.3) is 17.0 Å². The van der Waals surface area contributed by atoms with Gasteiger partial charge in [-0.25, -0.2) is 0 Å². The zero-order chi connectivity index (χ0) is 17.9. The minimum absolute atomic E-state index is 0.0597. The van der Waals surface area contributed by atoms with Gasteiger partial charge < -0.3 is 5.32 Å². The first-order chi connectivity index (χ1) is 12.7. The molecule has 1 amide bonds. The minimum atomic E-state index is -0.0597. The molecule has 0 aliphatic carbocycles. The maximum atomic E-state index is 12.3. The molecule has 0 saturated carbocycles. The lowest BCUT2D eigenvalue weighted by atomic mass is 10.1. The number of carbonyl (C=O) groups excluding carboxylic acids is 1. The molecule has 0 bridgehead atoms. The molecule has 0 aliphatic heterocycles. The molecule has 0 radical (unpaired) electrons. The highest BCUT2D eigenvalue weighted by molar-refractivity contribution is 9.10. The van der Waals surface area contributed by atoms with E-state index < -0.39 is 0 Å². The first-order valence-corrected chi connectivity index (χ1v) is 8.93. The van der Waals surface area contributed by atoms with Crippen LogP contribution in [0.15, 0.2) is 77.4 Å². The second kappa shape index (κ2) is 7.09. The Morgan fingerprint density at radius 1 is 1.00 bits per heavy atom. The molecule has 0 atom stereocenters. The van der Waals surface area contributed by atoms with Crippen molar-refractivity contribution in [2.45, 2.75) is 6.42 Å². The van der Waals surface area contributed by atoms with Crippen LogP contribution in [0.5, 0.6) is 0 Å². The zero-order valence-corrected chi connectivity index (χ0v) is 15.3. The van der Waals surface area contributed by atoms with Gasteiger partial charge in [-0.05, 0) is 42.0 Å². The van der Waals surface area contributed by atoms with Crippen LogP contribution in [0.4, 0.5) is 5.69 Å². The maximum absolute atomic E-state index is 12.3. The number of nitrogens with zero attached hydrogens (tertiary/aromatic N) is 3. The van der Waals surface area contributed by atoms with Gasteiger partial charge in [0.2, 0.25) is 5.91 Å². The second-order valence-electron chi connectivity index (χ2n) is 5.88. The Balaban J connectivity index is 1.54. The molecule has 128 valence electrons. The molecular weight excluding hydrogens is 392 g/mol. The number of fused-ring (bicyclic) bond motifs is 1. The normalized spacial score (nSPS) is 10.8. The average Bonchev–Trinajstić information content (AvgIpc) is 3.08. The first kappa shape index (κ1) is 16.5. The number of rotatable bonds is 4. The van der Waals surface area contributed by atoms with Crippen molar-refractivity contribution in [1.82, 2.24) is 14.6 Å². The van der Waals surface area contributed by atoms with Crippen LogP contribution >= 0.6 is 15.9 Å². The number of hydrogen-bond donors (Lipinski definition) is 1. The van der Waals surface area contributed by atoms with Gasteiger partial charge in [0.05, 0.1) is 6.42 Å². The minimum Gasteiger partial charge on any atom is -0.326 e. The number of carbonyl (C=O) groups is 1.